The van der Waals surface area contributed by atoms with Crippen molar-refractivity contribution in [2.75, 3.05) is 35.7 Å². The lowest BCUT2D eigenvalue weighted by Crippen LogP contribution is -2.32. The van der Waals surface area contributed by atoms with E-state index in [9.17, 15) is 9.59 Å². The Hall–Kier alpha value is -3.45. The van der Waals surface area contributed by atoms with Crippen molar-refractivity contribution in [1.82, 2.24) is 4.57 Å². The molecule has 0 bridgehead atoms. The Morgan fingerprint density at radius 3 is 2.23 bits per heavy atom. The monoisotopic (exact) mass is 496 g/mol. The number of carbonyl (C=O) groups excluding carboxylic acids is 2. The molecular formula is C27H33ClN4O3. The van der Waals surface area contributed by atoms with Crippen molar-refractivity contribution in [1.29, 1.82) is 0 Å². The number of rotatable bonds is 9. The Labute approximate surface area is 212 Å². The van der Waals surface area contributed by atoms with Crippen LogP contribution in [-0.4, -0.2) is 36.8 Å². The molecule has 0 aliphatic carbocycles. The van der Waals surface area contributed by atoms with Gasteiger partial charge in [-0.05, 0) is 66.4 Å². The average Bonchev–Trinajstić information content (AvgIpc) is 3.29. The fourth-order valence-corrected chi connectivity index (χ4v) is 4.02. The minimum absolute atomic E-state index is 0.375. The van der Waals surface area contributed by atoms with Gasteiger partial charge in [-0.2, -0.15) is 0 Å². The summed E-state index contributed by atoms with van der Waals surface area (Å²) in [5.74, 6) is 0.425. The maximum atomic E-state index is 13.0. The molecule has 2 aromatic carbocycles. The van der Waals surface area contributed by atoms with Crippen molar-refractivity contribution < 1.29 is 14.3 Å². The number of methoxy groups -OCH3 is 1. The standard InChI is InChI=1S/C27H33ClN4O3/c1-18(2)16-31(17-19(3)4)24-13-12-22(32-14-6-7-25(32)26(33)35-5)15-23(24)30-27(34)29-21-10-8-20(28)9-11-21/h6-15,18-19H,16-17H2,1-5H3,(H2,29,30,34). The molecule has 3 rings (SSSR count). The smallest absolute Gasteiger partial charge is 0.355 e. The molecule has 1 heterocycles. The highest BCUT2D eigenvalue weighted by molar-refractivity contribution is 6.30. The number of amides is 2. The SMILES string of the molecule is COC(=O)c1cccn1-c1ccc(N(CC(C)C)CC(C)C)c(NC(=O)Nc2ccc(Cl)cc2)c1. The number of carbonyl (C=O) groups is 2. The Morgan fingerprint density at radius 1 is 0.971 bits per heavy atom. The highest BCUT2D eigenvalue weighted by Crippen LogP contribution is 2.31. The predicted octanol–water partition coefficient (Wildman–Crippen LogP) is 6.68. The lowest BCUT2D eigenvalue weighted by Gasteiger charge is -2.31. The van der Waals surface area contributed by atoms with Gasteiger partial charge in [0.1, 0.15) is 5.69 Å². The van der Waals surface area contributed by atoms with Crippen LogP contribution in [0.4, 0.5) is 21.9 Å². The molecule has 1 aromatic heterocycles. The van der Waals surface area contributed by atoms with E-state index >= 15 is 0 Å². The highest BCUT2D eigenvalue weighted by Gasteiger charge is 2.19. The molecular weight excluding hydrogens is 464 g/mol. The second kappa shape index (κ2) is 11.8. The van der Waals surface area contributed by atoms with Crippen LogP contribution in [-0.2, 0) is 4.74 Å². The Bertz CT molecular complexity index is 1150. The molecule has 0 unspecified atom stereocenters. The zero-order valence-corrected chi connectivity index (χ0v) is 21.6. The number of urea groups is 1. The van der Waals surface area contributed by atoms with E-state index in [2.05, 4.69) is 43.2 Å². The third-order valence-electron chi connectivity index (χ3n) is 5.26. The van der Waals surface area contributed by atoms with E-state index in [0.717, 1.165) is 24.5 Å². The molecule has 0 saturated carbocycles. The van der Waals surface area contributed by atoms with Crippen molar-refractivity contribution in [3.8, 4) is 5.69 Å². The van der Waals surface area contributed by atoms with Gasteiger partial charge in [0.2, 0.25) is 0 Å². The van der Waals surface area contributed by atoms with Crippen LogP contribution in [0.5, 0.6) is 0 Å². The number of esters is 1. The van der Waals surface area contributed by atoms with Crippen LogP contribution >= 0.6 is 11.6 Å². The topological polar surface area (TPSA) is 75.6 Å². The molecule has 8 heteroatoms. The lowest BCUT2D eigenvalue weighted by atomic mass is 10.1. The van der Waals surface area contributed by atoms with Crippen molar-refractivity contribution in [3.63, 3.8) is 0 Å². The second-order valence-electron chi connectivity index (χ2n) is 9.24. The quantitative estimate of drug-likeness (QED) is 0.324. The molecule has 186 valence electrons. The Balaban J connectivity index is 2.00. The van der Waals surface area contributed by atoms with Gasteiger partial charge in [-0.25, -0.2) is 9.59 Å². The summed E-state index contributed by atoms with van der Waals surface area (Å²) in [5, 5.41) is 6.46. The highest BCUT2D eigenvalue weighted by atomic mass is 35.5. The van der Waals surface area contributed by atoms with Gasteiger partial charge in [-0.15, -0.1) is 0 Å². The average molecular weight is 497 g/mol. The van der Waals surface area contributed by atoms with Crippen LogP contribution in [0.15, 0.2) is 60.8 Å². The van der Waals surface area contributed by atoms with Crippen LogP contribution in [0.1, 0.15) is 38.2 Å². The van der Waals surface area contributed by atoms with E-state index in [0.29, 0.717) is 33.9 Å². The molecule has 0 aliphatic rings. The van der Waals surface area contributed by atoms with Crippen molar-refractivity contribution in [2.45, 2.75) is 27.7 Å². The second-order valence-corrected chi connectivity index (χ2v) is 9.67. The summed E-state index contributed by atoms with van der Waals surface area (Å²) in [4.78, 5) is 27.5. The van der Waals surface area contributed by atoms with E-state index in [1.165, 1.54) is 7.11 Å². The molecule has 0 fully saturated rings. The van der Waals surface area contributed by atoms with Gasteiger partial charge < -0.3 is 24.8 Å². The summed E-state index contributed by atoms with van der Waals surface area (Å²) in [6, 6.07) is 15.8. The van der Waals surface area contributed by atoms with Crippen LogP contribution < -0.4 is 15.5 Å². The van der Waals surface area contributed by atoms with Crippen LogP contribution in [0.3, 0.4) is 0 Å². The molecule has 0 spiro atoms. The fraction of sp³-hybridized carbons (Fsp3) is 0.333. The summed E-state index contributed by atoms with van der Waals surface area (Å²) in [6.45, 7) is 10.4. The number of hydrogen-bond acceptors (Lipinski definition) is 4. The molecule has 35 heavy (non-hydrogen) atoms. The number of ether oxygens (including phenoxy) is 1. The summed E-state index contributed by atoms with van der Waals surface area (Å²) in [6.07, 6.45) is 1.79. The minimum atomic E-state index is -0.435. The molecule has 2 N–H and O–H groups in total. The normalized spacial score (nSPS) is 11.0. The predicted molar refractivity (Wildman–Crippen MR) is 143 cm³/mol. The number of aromatic nitrogens is 1. The van der Waals surface area contributed by atoms with E-state index in [1.54, 1.807) is 47.2 Å². The minimum Gasteiger partial charge on any atom is -0.464 e. The summed E-state index contributed by atoms with van der Waals surface area (Å²) >= 11 is 5.96. The number of nitrogens with zero attached hydrogens (tertiary/aromatic N) is 2. The third-order valence-corrected chi connectivity index (χ3v) is 5.52. The van der Waals surface area contributed by atoms with Gasteiger partial charge >= 0.3 is 12.0 Å². The molecule has 0 radical (unpaired) electrons. The Morgan fingerprint density at radius 2 is 1.63 bits per heavy atom. The summed E-state index contributed by atoms with van der Waals surface area (Å²) < 4.78 is 6.66. The van der Waals surface area contributed by atoms with Gasteiger partial charge in [-0.3, -0.25) is 0 Å². The molecule has 7 nitrogen and oxygen atoms in total. The van der Waals surface area contributed by atoms with Gasteiger partial charge in [0.05, 0.1) is 18.5 Å². The first-order chi connectivity index (χ1) is 16.7. The number of hydrogen-bond donors (Lipinski definition) is 2. The van der Waals surface area contributed by atoms with E-state index in [4.69, 9.17) is 16.3 Å². The molecule has 0 aliphatic heterocycles. The van der Waals surface area contributed by atoms with Crippen LogP contribution in [0.2, 0.25) is 5.02 Å². The van der Waals surface area contributed by atoms with Gasteiger partial charge in [0.15, 0.2) is 0 Å². The third kappa shape index (κ3) is 7.02. The largest absolute Gasteiger partial charge is 0.464 e. The maximum Gasteiger partial charge on any atom is 0.355 e. The van der Waals surface area contributed by atoms with Gasteiger partial charge in [-0.1, -0.05) is 39.3 Å². The molecule has 0 atom stereocenters. The number of nitrogens with one attached hydrogen (secondary N) is 2. The zero-order chi connectivity index (χ0) is 25.5. The molecule has 0 saturated heterocycles. The van der Waals surface area contributed by atoms with E-state index in [1.807, 2.05) is 18.2 Å². The zero-order valence-electron chi connectivity index (χ0n) is 20.8. The number of halogens is 1. The van der Waals surface area contributed by atoms with Gasteiger partial charge in [0, 0.05) is 35.7 Å². The van der Waals surface area contributed by atoms with Crippen LogP contribution in [0, 0.1) is 11.8 Å². The van der Waals surface area contributed by atoms with Crippen LogP contribution in [0.25, 0.3) is 5.69 Å². The lowest BCUT2D eigenvalue weighted by molar-refractivity contribution is 0.0591. The number of benzene rings is 2. The Kier molecular flexibility index (Phi) is 8.82. The molecule has 2 amide bonds. The van der Waals surface area contributed by atoms with Gasteiger partial charge in [0.25, 0.3) is 0 Å². The first-order valence-electron chi connectivity index (χ1n) is 11.7. The first-order valence-corrected chi connectivity index (χ1v) is 12.0. The van der Waals surface area contributed by atoms with E-state index < -0.39 is 5.97 Å². The van der Waals surface area contributed by atoms with Crippen molar-refractivity contribution in [2.24, 2.45) is 11.8 Å². The molecule has 3 aromatic rings. The summed E-state index contributed by atoms with van der Waals surface area (Å²) in [5.41, 5.74) is 3.31. The van der Waals surface area contributed by atoms with Crippen molar-refractivity contribution >= 4 is 40.7 Å². The first kappa shape index (κ1) is 26.2. The van der Waals surface area contributed by atoms with Crippen molar-refractivity contribution in [3.05, 3.63) is 71.5 Å². The maximum absolute atomic E-state index is 13.0. The van der Waals surface area contributed by atoms with E-state index in [-0.39, 0.29) is 6.03 Å². The fourth-order valence-electron chi connectivity index (χ4n) is 3.90. The number of anilines is 3. The summed E-state index contributed by atoms with van der Waals surface area (Å²) in [7, 11) is 1.35.